The van der Waals surface area contributed by atoms with Gasteiger partial charge in [0.25, 0.3) is 0 Å². The number of fused-ring (bicyclic) bond motifs is 1. The number of aryl methyl sites for hydroxylation is 2. The van der Waals surface area contributed by atoms with Gasteiger partial charge in [-0.3, -0.25) is 9.79 Å². The van der Waals surface area contributed by atoms with Crippen molar-refractivity contribution < 1.29 is 4.79 Å². The van der Waals surface area contributed by atoms with Crippen LogP contribution in [0.15, 0.2) is 23.2 Å². The molecule has 0 heterocycles. The second-order valence-corrected chi connectivity index (χ2v) is 5.91. The number of halogens is 1. The number of nitrogens with one attached hydrogen (secondary N) is 1. The van der Waals surface area contributed by atoms with Crippen molar-refractivity contribution >= 4 is 41.5 Å². The summed E-state index contributed by atoms with van der Waals surface area (Å²) in [6, 6.07) is 6.25. The number of nitrogens with two attached hydrogens (primary N) is 2. The number of benzene rings is 1. The molecule has 5 nitrogen and oxygen atoms in total. The molecular formula is C15H23IN4O. The number of carbonyl (C=O) groups is 1. The van der Waals surface area contributed by atoms with Gasteiger partial charge in [-0.15, -0.1) is 24.0 Å². The molecule has 1 aromatic rings. The van der Waals surface area contributed by atoms with E-state index in [1.165, 1.54) is 17.5 Å². The highest BCUT2D eigenvalue weighted by molar-refractivity contribution is 14.0. The summed E-state index contributed by atoms with van der Waals surface area (Å²) < 4.78 is 0. The van der Waals surface area contributed by atoms with E-state index in [1.54, 1.807) is 13.8 Å². The van der Waals surface area contributed by atoms with Crippen LogP contribution in [-0.4, -0.2) is 18.4 Å². The summed E-state index contributed by atoms with van der Waals surface area (Å²) in [7, 11) is 0. The highest BCUT2D eigenvalue weighted by Crippen LogP contribution is 2.24. The zero-order chi connectivity index (χ0) is 14.8. The molecule has 0 fully saturated rings. The Morgan fingerprint density at radius 1 is 1.29 bits per heavy atom. The Balaban J connectivity index is 0.00000220. The lowest BCUT2D eigenvalue weighted by Gasteiger charge is -2.17. The van der Waals surface area contributed by atoms with Crippen LogP contribution in [0.3, 0.4) is 0 Å². The number of aliphatic imine (C=N–C) groups is 1. The fourth-order valence-electron chi connectivity index (χ4n) is 2.20. The van der Waals surface area contributed by atoms with Crippen molar-refractivity contribution in [3.8, 4) is 0 Å². The highest BCUT2D eigenvalue weighted by atomic mass is 127. The molecule has 116 valence electrons. The Kier molecular flexibility index (Phi) is 6.00. The monoisotopic (exact) mass is 402 g/mol. The Morgan fingerprint density at radius 3 is 2.62 bits per heavy atom. The van der Waals surface area contributed by atoms with Crippen LogP contribution in [0.2, 0.25) is 0 Å². The summed E-state index contributed by atoms with van der Waals surface area (Å²) in [6.07, 6.45) is 3.50. The summed E-state index contributed by atoms with van der Waals surface area (Å²) in [6.45, 7) is 3.77. The first-order valence-electron chi connectivity index (χ1n) is 6.87. The third kappa shape index (κ3) is 4.59. The minimum atomic E-state index is -0.690. The summed E-state index contributed by atoms with van der Waals surface area (Å²) in [5.41, 5.74) is 14.2. The molecule has 0 aromatic heterocycles. The maximum atomic E-state index is 11.2. The van der Waals surface area contributed by atoms with E-state index in [1.807, 2.05) is 6.07 Å². The molecule has 1 aliphatic carbocycles. The minimum absolute atomic E-state index is 0. The molecule has 0 saturated carbocycles. The maximum absolute atomic E-state index is 11.2. The van der Waals surface area contributed by atoms with Gasteiger partial charge in [-0.25, -0.2) is 0 Å². The van der Waals surface area contributed by atoms with E-state index in [-0.39, 0.29) is 36.4 Å². The fourth-order valence-corrected chi connectivity index (χ4v) is 2.20. The summed E-state index contributed by atoms with van der Waals surface area (Å²) in [5, 5.41) is 3.06. The van der Waals surface area contributed by atoms with Gasteiger partial charge in [-0.1, -0.05) is 6.07 Å². The lowest BCUT2D eigenvalue weighted by molar-refractivity contribution is -0.125. The van der Waals surface area contributed by atoms with Gasteiger partial charge in [0.2, 0.25) is 5.91 Å². The first-order valence-corrected chi connectivity index (χ1v) is 6.87. The minimum Gasteiger partial charge on any atom is -0.370 e. The molecule has 0 spiro atoms. The maximum Gasteiger partial charge on any atom is 0.224 e. The number of hydrogen-bond acceptors (Lipinski definition) is 2. The Bertz CT molecular complexity index is 555. The van der Waals surface area contributed by atoms with E-state index in [4.69, 9.17) is 11.5 Å². The predicted molar refractivity (Wildman–Crippen MR) is 97.0 cm³/mol. The molecule has 1 aromatic carbocycles. The van der Waals surface area contributed by atoms with Gasteiger partial charge in [-0.2, -0.15) is 0 Å². The van der Waals surface area contributed by atoms with Crippen LogP contribution in [0.1, 0.15) is 31.4 Å². The molecule has 0 unspecified atom stereocenters. The molecule has 0 saturated heterocycles. The van der Waals surface area contributed by atoms with Crippen LogP contribution in [0.4, 0.5) is 5.69 Å². The zero-order valence-corrected chi connectivity index (χ0v) is 14.8. The largest absolute Gasteiger partial charge is 0.370 e. The van der Waals surface area contributed by atoms with Gasteiger partial charge in [0, 0.05) is 5.69 Å². The molecule has 1 aliphatic rings. The summed E-state index contributed by atoms with van der Waals surface area (Å²) in [4.78, 5) is 15.4. The zero-order valence-electron chi connectivity index (χ0n) is 12.5. The van der Waals surface area contributed by atoms with Crippen molar-refractivity contribution in [3.05, 3.63) is 29.3 Å². The van der Waals surface area contributed by atoms with Crippen molar-refractivity contribution in [2.24, 2.45) is 21.9 Å². The van der Waals surface area contributed by atoms with E-state index in [0.29, 0.717) is 5.96 Å². The van der Waals surface area contributed by atoms with Gasteiger partial charge < -0.3 is 16.8 Å². The number of primary amides is 1. The highest BCUT2D eigenvalue weighted by Gasteiger charge is 2.24. The van der Waals surface area contributed by atoms with E-state index in [0.717, 1.165) is 18.5 Å². The molecule has 0 aliphatic heterocycles. The molecule has 5 N–H and O–H groups in total. The lowest BCUT2D eigenvalue weighted by atomic mass is 9.93. The Hall–Kier alpha value is -1.31. The number of anilines is 1. The van der Waals surface area contributed by atoms with Crippen molar-refractivity contribution in [2.75, 3.05) is 11.9 Å². The number of guanidine groups is 1. The number of rotatable bonds is 4. The van der Waals surface area contributed by atoms with Gasteiger partial charge >= 0.3 is 0 Å². The first-order chi connectivity index (χ1) is 9.38. The predicted octanol–water partition coefficient (Wildman–Crippen LogP) is 2.03. The Labute approximate surface area is 142 Å². The molecule has 21 heavy (non-hydrogen) atoms. The van der Waals surface area contributed by atoms with Crippen LogP contribution in [0.25, 0.3) is 0 Å². The smallest absolute Gasteiger partial charge is 0.224 e. The van der Waals surface area contributed by atoms with Crippen molar-refractivity contribution in [1.29, 1.82) is 0 Å². The lowest BCUT2D eigenvalue weighted by Crippen LogP contribution is -2.35. The van der Waals surface area contributed by atoms with E-state index in [2.05, 4.69) is 22.4 Å². The number of hydrogen-bond donors (Lipinski definition) is 3. The number of carbonyl (C=O) groups excluding carboxylic acids is 1. The summed E-state index contributed by atoms with van der Waals surface area (Å²) >= 11 is 0. The van der Waals surface area contributed by atoms with Gasteiger partial charge in [0.15, 0.2) is 5.96 Å². The van der Waals surface area contributed by atoms with Gasteiger partial charge in [0.1, 0.15) is 0 Å². The molecular weight excluding hydrogens is 379 g/mol. The normalized spacial score (nSPS) is 14.3. The van der Waals surface area contributed by atoms with Crippen LogP contribution < -0.4 is 16.8 Å². The van der Waals surface area contributed by atoms with Crippen molar-refractivity contribution in [3.63, 3.8) is 0 Å². The van der Waals surface area contributed by atoms with E-state index < -0.39 is 5.41 Å². The van der Waals surface area contributed by atoms with Crippen molar-refractivity contribution in [2.45, 2.75) is 33.1 Å². The number of amides is 1. The van der Waals surface area contributed by atoms with Crippen LogP contribution in [0.5, 0.6) is 0 Å². The van der Waals surface area contributed by atoms with E-state index in [9.17, 15) is 4.79 Å². The SMILES string of the molecule is CC(C)(CN=C(N)Nc1ccc2c(c1)CCC2)C(N)=O.I. The van der Waals surface area contributed by atoms with Crippen LogP contribution in [-0.2, 0) is 17.6 Å². The average molecular weight is 402 g/mol. The van der Waals surface area contributed by atoms with Crippen molar-refractivity contribution in [1.82, 2.24) is 0 Å². The van der Waals surface area contributed by atoms with Crippen LogP contribution >= 0.6 is 24.0 Å². The van der Waals surface area contributed by atoms with Gasteiger partial charge in [0.05, 0.1) is 12.0 Å². The van der Waals surface area contributed by atoms with Gasteiger partial charge in [-0.05, 0) is 56.4 Å². The molecule has 0 bridgehead atoms. The molecule has 0 atom stereocenters. The molecule has 0 radical (unpaired) electrons. The third-order valence-electron chi connectivity index (χ3n) is 3.68. The summed E-state index contributed by atoms with van der Waals surface area (Å²) in [5.74, 6) is -0.0798. The molecule has 1 amide bonds. The quantitative estimate of drug-likeness (QED) is 0.409. The topological polar surface area (TPSA) is 93.5 Å². The second kappa shape index (κ2) is 7.11. The standard InChI is InChI=1S/C15H22N4O.HI/c1-15(2,13(16)20)9-18-14(17)19-12-7-6-10-4-3-5-11(10)8-12;/h6-8H,3-5,9H2,1-2H3,(H2,16,20)(H3,17,18,19);1H. The Morgan fingerprint density at radius 2 is 1.95 bits per heavy atom. The fraction of sp³-hybridized carbons (Fsp3) is 0.467. The third-order valence-corrected chi connectivity index (χ3v) is 3.68. The average Bonchev–Trinajstić information content (AvgIpc) is 2.83. The van der Waals surface area contributed by atoms with Crippen LogP contribution in [0, 0.1) is 5.41 Å². The molecule has 2 rings (SSSR count). The molecule has 6 heteroatoms. The first kappa shape index (κ1) is 17.7. The second-order valence-electron chi connectivity index (χ2n) is 5.91. The number of nitrogens with zero attached hydrogens (tertiary/aromatic N) is 1. The van der Waals surface area contributed by atoms with E-state index >= 15 is 0 Å².